The highest BCUT2D eigenvalue weighted by molar-refractivity contribution is 7.60. The van der Waals surface area contributed by atoms with E-state index in [2.05, 4.69) is 0 Å². The molecule has 0 aromatic heterocycles. The Balaban J connectivity index is 3.28. The predicted octanol–water partition coefficient (Wildman–Crippen LogP) is 3.48. The first-order valence-corrected chi connectivity index (χ1v) is 8.38. The second-order valence-corrected chi connectivity index (χ2v) is 6.12. The number of hydrogen-bond donors (Lipinski definition) is 0. The SMILES string of the molecule is CCOP(=O)(OCC)/C(=C/c1ccc(OC)cc1)C(=O)OC. The van der Waals surface area contributed by atoms with E-state index in [1.165, 1.54) is 13.2 Å². The lowest BCUT2D eigenvalue weighted by atomic mass is 10.2. The van der Waals surface area contributed by atoms with Gasteiger partial charge in [0.25, 0.3) is 0 Å². The van der Waals surface area contributed by atoms with E-state index in [-0.39, 0.29) is 18.5 Å². The summed E-state index contributed by atoms with van der Waals surface area (Å²) in [7, 11) is -0.958. The van der Waals surface area contributed by atoms with Crippen LogP contribution in [-0.4, -0.2) is 33.4 Å². The third kappa shape index (κ3) is 4.70. The smallest absolute Gasteiger partial charge is 0.368 e. The fraction of sp³-hybridized carbons (Fsp3) is 0.400. The molecule has 6 nitrogen and oxygen atoms in total. The zero-order chi connectivity index (χ0) is 16.6. The monoisotopic (exact) mass is 328 g/mol. The van der Waals surface area contributed by atoms with Crippen LogP contribution in [0.15, 0.2) is 29.6 Å². The second kappa shape index (κ2) is 8.73. The van der Waals surface area contributed by atoms with Gasteiger partial charge in [-0.25, -0.2) is 4.79 Å². The van der Waals surface area contributed by atoms with Crippen LogP contribution in [0.25, 0.3) is 6.08 Å². The fourth-order valence-corrected chi connectivity index (χ4v) is 3.38. The van der Waals surface area contributed by atoms with Crippen molar-refractivity contribution in [1.29, 1.82) is 0 Å². The molecule has 0 N–H and O–H groups in total. The number of esters is 1. The maximum Gasteiger partial charge on any atom is 0.368 e. The van der Waals surface area contributed by atoms with Crippen molar-refractivity contribution in [2.45, 2.75) is 13.8 Å². The lowest BCUT2D eigenvalue weighted by molar-refractivity contribution is -0.135. The largest absolute Gasteiger partial charge is 0.497 e. The summed E-state index contributed by atoms with van der Waals surface area (Å²) in [5, 5.41) is -0.135. The highest BCUT2D eigenvalue weighted by Crippen LogP contribution is 2.56. The van der Waals surface area contributed by atoms with Crippen LogP contribution in [0.2, 0.25) is 0 Å². The Bertz CT molecular complexity index is 554. The molecule has 1 rings (SSSR count). The molecule has 0 saturated heterocycles. The Labute approximate surface area is 130 Å². The summed E-state index contributed by atoms with van der Waals surface area (Å²) in [4.78, 5) is 12.0. The van der Waals surface area contributed by atoms with Crippen molar-refractivity contribution in [3.05, 3.63) is 35.1 Å². The molecule has 0 saturated carbocycles. The maximum atomic E-state index is 12.8. The van der Waals surface area contributed by atoms with Crippen molar-refractivity contribution in [2.24, 2.45) is 0 Å². The van der Waals surface area contributed by atoms with Crippen LogP contribution in [0.4, 0.5) is 0 Å². The van der Waals surface area contributed by atoms with E-state index >= 15 is 0 Å². The average molecular weight is 328 g/mol. The van der Waals surface area contributed by atoms with Crippen molar-refractivity contribution >= 4 is 19.6 Å². The van der Waals surface area contributed by atoms with E-state index in [1.54, 1.807) is 45.2 Å². The van der Waals surface area contributed by atoms with Gasteiger partial charge >= 0.3 is 13.6 Å². The van der Waals surface area contributed by atoms with E-state index in [0.717, 1.165) is 0 Å². The van der Waals surface area contributed by atoms with Gasteiger partial charge in [0.05, 0.1) is 27.4 Å². The van der Waals surface area contributed by atoms with E-state index in [4.69, 9.17) is 18.5 Å². The van der Waals surface area contributed by atoms with Gasteiger partial charge in [-0.05, 0) is 37.6 Å². The van der Waals surface area contributed by atoms with E-state index < -0.39 is 13.6 Å². The molecule has 1 aromatic rings. The normalized spacial score (nSPS) is 12.1. The molecule has 0 heterocycles. The number of hydrogen-bond acceptors (Lipinski definition) is 6. The van der Waals surface area contributed by atoms with Gasteiger partial charge < -0.3 is 18.5 Å². The first kappa shape index (κ1) is 18.4. The molecule has 0 radical (unpaired) electrons. The molecule has 0 atom stereocenters. The highest BCUT2D eigenvalue weighted by atomic mass is 31.2. The zero-order valence-corrected chi connectivity index (χ0v) is 14.1. The summed E-state index contributed by atoms with van der Waals surface area (Å²) in [6.45, 7) is 3.64. The molecule has 0 fully saturated rings. The van der Waals surface area contributed by atoms with Crippen LogP contribution in [0, 0.1) is 0 Å². The molecule has 0 bridgehead atoms. The van der Waals surface area contributed by atoms with Gasteiger partial charge in [-0.15, -0.1) is 0 Å². The second-order valence-electron chi connectivity index (χ2n) is 4.13. The average Bonchev–Trinajstić information content (AvgIpc) is 2.52. The van der Waals surface area contributed by atoms with Crippen LogP contribution in [-0.2, 0) is 23.1 Å². The van der Waals surface area contributed by atoms with Crippen molar-refractivity contribution in [1.82, 2.24) is 0 Å². The molecule has 1 aromatic carbocycles. The summed E-state index contributed by atoms with van der Waals surface area (Å²) in [6.07, 6.45) is 1.44. The number of rotatable bonds is 8. The third-order valence-electron chi connectivity index (χ3n) is 2.71. The molecular formula is C15H21O6P. The maximum absolute atomic E-state index is 12.8. The van der Waals surface area contributed by atoms with Gasteiger partial charge in [0.1, 0.15) is 11.1 Å². The Morgan fingerprint density at radius 2 is 1.64 bits per heavy atom. The molecule has 0 spiro atoms. The minimum atomic E-state index is -3.73. The molecule has 7 heteroatoms. The van der Waals surface area contributed by atoms with Crippen LogP contribution in [0.1, 0.15) is 19.4 Å². The first-order chi connectivity index (χ1) is 10.5. The number of benzene rings is 1. The van der Waals surface area contributed by atoms with Crippen LogP contribution >= 0.6 is 7.60 Å². The molecule has 22 heavy (non-hydrogen) atoms. The number of carbonyl (C=O) groups excluding carboxylic acids is 1. The highest BCUT2D eigenvalue weighted by Gasteiger charge is 2.35. The van der Waals surface area contributed by atoms with Gasteiger partial charge in [-0.3, -0.25) is 4.57 Å². The Kier molecular flexibility index (Phi) is 7.32. The molecule has 0 aliphatic rings. The van der Waals surface area contributed by atoms with Crippen molar-refractivity contribution in [3.63, 3.8) is 0 Å². The quantitative estimate of drug-likeness (QED) is 0.413. The Hall–Kier alpha value is -1.62. The van der Waals surface area contributed by atoms with Gasteiger partial charge in [0, 0.05) is 0 Å². The lowest BCUT2D eigenvalue weighted by Crippen LogP contribution is -2.09. The van der Waals surface area contributed by atoms with Gasteiger partial charge in [0.15, 0.2) is 0 Å². The van der Waals surface area contributed by atoms with E-state index in [1.807, 2.05) is 0 Å². The topological polar surface area (TPSA) is 71.1 Å². The molecule has 0 amide bonds. The summed E-state index contributed by atoms with van der Waals surface area (Å²) in [5.41, 5.74) is 0.654. The van der Waals surface area contributed by atoms with Gasteiger partial charge in [-0.1, -0.05) is 12.1 Å². The van der Waals surface area contributed by atoms with E-state index in [9.17, 15) is 9.36 Å². The first-order valence-electron chi connectivity index (χ1n) is 6.84. The summed E-state index contributed by atoms with van der Waals surface area (Å²) in [6, 6.07) is 6.91. The zero-order valence-electron chi connectivity index (χ0n) is 13.2. The predicted molar refractivity (Wildman–Crippen MR) is 83.8 cm³/mol. The van der Waals surface area contributed by atoms with Gasteiger partial charge in [-0.2, -0.15) is 0 Å². The summed E-state index contributed by atoms with van der Waals surface area (Å²) in [5.74, 6) is -0.0735. The van der Waals surface area contributed by atoms with Crippen molar-refractivity contribution in [3.8, 4) is 5.75 Å². The Morgan fingerprint density at radius 3 is 2.05 bits per heavy atom. The molecular weight excluding hydrogens is 307 g/mol. The summed E-state index contributed by atoms with van der Waals surface area (Å²) >= 11 is 0. The third-order valence-corrected chi connectivity index (χ3v) is 4.80. The summed E-state index contributed by atoms with van der Waals surface area (Å²) < 4.78 is 33.0. The standard InChI is InChI=1S/C15H21O6P/c1-5-20-22(17,21-6-2)14(15(16)19-4)11-12-7-9-13(18-3)10-8-12/h7-11H,5-6H2,1-4H3/b14-11+. The number of ether oxygens (including phenoxy) is 2. The van der Waals surface area contributed by atoms with Crippen molar-refractivity contribution < 1.29 is 27.9 Å². The number of carbonyl (C=O) groups is 1. The minimum absolute atomic E-state index is 0.135. The molecule has 0 aliphatic carbocycles. The number of methoxy groups -OCH3 is 2. The lowest BCUT2D eigenvalue weighted by Gasteiger charge is -2.18. The molecule has 0 unspecified atom stereocenters. The Morgan fingerprint density at radius 1 is 1.09 bits per heavy atom. The van der Waals surface area contributed by atoms with E-state index in [0.29, 0.717) is 11.3 Å². The molecule has 0 aliphatic heterocycles. The van der Waals surface area contributed by atoms with Crippen LogP contribution in [0.3, 0.4) is 0 Å². The minimum Gasteiger partial charge on any atom is -0.497 e. The van der Waals surface area contributed by atoms with Crippen LogP contribution < -0.4 is 4.74 Å². The fourth-order valence-electron chi connectivity index (χ4n) is 1.73. The van der Waals surface area contributed by atoms with Crippen LogP contribution in [0.5, 0.6) is 5.75 Å². The van der Waals surface area contributed by atoms with Crippen molar-refractivity contribution in [2.75, 3.05) is 27.4 Å². The molecule has 122 valence electrons. The van der Waals surface area contributed by atoms with Gasteiger partial charge in [0.2, 0.25) is 0 Å².